The predicted molar refractivity (Wildman–Crippen MR) is 307 cm³/mol. The van der Waals surface area contributed by atoms with Crippen molar-refractivity contribution in [2.24, 2.45) is 0 Å². The van der Waals surface area contributed by atoms with Crippen molar-refractivity contribution in [1.82, 2.24) is 0 Å². The molecule has 366 valence electrons. The van der Waals surface area contributed by atoms with Crippen LogP contribution in [0.25, 0.3) is 0 Å². The molecule has 0 aliphatic carbocycles. The minimum Gasteiger partial charge on any atom is -0.309 e. The highest BCUT2D eigenvalue weighted by Crippen LogP contribution is 2.51. The molecule has 70 heavy (non-hydrogen) atoms. The Bertz CT molecular complexity index is 2550. The van der Waals surface area contributed by atoms with E-state index in [-0.39, 0.29) is 38.4 Å². The molecule has 0 heterocycles. The first-order chi connectivity index (χ1) is 32.4. The van der Waals surface area contributed by atoms with Gasteiger partial charge in [-0.25, -0.2) is 0 Å². The second-order valence-electron chi connectivity index (χ2n) is 25.9. The Morgan fingerprint density at radius 2 is 0.457 bits per heavy atom. The van der Waals surface area contributed by atoms with Gasteiger partial charge in [-0.2, -0.15) is 0 Å². The van der Waals surface area contributed by atoms with E-state index in [9.17, 15) is 0 Å². The van der Waals surface area contributed by atoms with Gasteiger partial charge in [-0.15, -0.1) is 0 Å². The summed E-state index contributed by atoms with van der Waals surface area (Å²) in [4.78, 5) is 4.75. The number of halogens is 1. The first kappa shape index (κ1) is 52.3. The number of nitrogens with zero attached hydrogens (tertiary/aromatic N) is 2. The van der Waals surface area contributed by atoms with Crippen molar-refractivity contribution < 1.29 is 0 Å². The molecule has 0 radical (unpaired) electrons. The summed E-state index contributed by atoms with van der Waals surface area (Å²) in [7, 11) is 0. The third-order valence-electron chi connectivity index (χ3n) is 14.1. The standard InChI is InChI=1S/C67H81ClN2/c1-62(2,3)48-23-19-45(20-24-48)60(46-21-25-49(26-22-46)63(4,5)6)47-43-58(69(54-35-27-50(28-36-54)64(7,8)9)55-37-29-51(30-38-55)65(10,11)12)61(68)59(44-47)70(56-39-31-52(32-40-56)66(13,14)15)57-41-33-53(34-42-57)67(16,17)18/h19-44,60H,1-18H3. The maximum absolute atomic E-state index is 8.24. The highest BCUT2D eigenvalue weighted by atomic mass is 35.5. The van der Waals surface area contributed by atoms with E-state index in [0.29, 0.717) is 5.02 Å². The van der Waals surface area contributed by atoms with Crippen LogP contribution in [0.2, 0.25) is 5.02 Å². The average Bonchev–Trinajstić information content (AvgIpc) is 3.27. The van der Waals surface area contributed by atoms with Crippen LogP contribution >= 0.6 is 11.6 Å². The second-order valence-corrected chi connectivity index (χ2v) is 26.3. The Hall–Kier alpha value is -5.57. The van der Waals surface area contributed by atoms with E-state index >= 15 is 0 Å². The molecule has 3 heteroatoms. The van der Waals surface area contributed by atoms with Crippen molar-refractivity contribution in [3.8, 4) is 0 Å². The molecule has 7 rings (SSSR count). The van der Waals surface area contributed by atoms with Crippen LogP contribution < -0.4 is 9.80 Å². The molecule has 0 atom stereocenters. The second kappa shape index (κ2) is 19.2. The summed E-state index contributed by atoms with van der Waals surface area (Å²) in [6.07, 6.45) is 0. The van der Waals surface area contributed by atoms with Gasteiger partial charge in [-0.05, 0) is 143 Å². The smallest absolute Gasteiger partial charge is 0.0887 e. The summed E-state index contributed by atoms with van der Waals surface area (Å²) < 4.78 is 0. The monoisotopic (exact) mass is 949 g/mol. The van der Waals surface area contributed by atoms with Gasteiger partial charge in [0.1, 0.15) is 0 Å². The minimum atomic E-state index is -0.125. The Morgan fingerprint density at radius 1 is 0.271 bits per heavy atom. The summed E-state index contributed by atoms with van der Waals surface area (Å²) >= 11 is 8.24. The van der Waals surface area contributed by atoms with Crippen LogP contribution in [0.3, 0.4) is 0 Å². The van der Waals surface area contributed by atoms with E-state index in [0.717, 1.165) is 39.7 Å². The van der Waals surface area contributed by atoms with Crippen LogP contribution in [0.5, 0.6) is 0 Å². The highest BCUT2D eigenvalue weighted by Gasteiger charge is 2.30. The van der Waals surface area contributed by atoms with Gasteiger partial charge in [0.15, 0.2) is 0 Å². The van der Waals surface area contributed by atoms with Gasteiger partial charge in [0.05, 0.1) is 16.4 Å². The molecule has 0 unspecified atom stereocenters. The molecule has 0 amide bonds. The first-order valence-corrected chi connectivity index (χ1v) is 25.9. The van der Waals surface area contributed by atoms with Crippen molar-refractivity contribution >= 4 is 45.7 Å². The van der Waals surface area contributed by atoms with Crippen LogP contribution in [-0.4, -0.2) is 0 Å². The van der Waals surface area contributed by atoms with Crippen molar-refractivity contribution in [3.05, 3.63) is 213 Å². The van der Waals surface area contributed by atoms with E-state index in [1.807, 2.05) is 0 Å². The minimum absolute atomic E-state index is 0.00761. The molecule has 0 saturated carbocycles. The summed E-state index contributed by atoms with van der Waals surface area (Å²) in [5.41, 5.74) is 17.3. The normalized spacial score (nSPS) is 12.9. The van der Waals surface area contributed by atoms with Crippen LogP contribution in [-0.2, 0) is 32.5 Å². The van der Waals surface area contributed by atoms with Crippen molar-refractivity contribution in [3.63, 3.8) is 0 Å². The molecule has 0 aliphatic heterocycles. The number of anilines is 6. The quantitative estimate of drug-likeness (QED) is 0.133. The SMILES string of the molecule is CC(C)(C)c1ccc(C(c2ccc(C(C)(C)C)cc2)c2cc(N(c3ccc(C(C)(C)C)cc3)c3ccc(C(C)(C)C)cc3)c(Cl)c(N(c3ccc(C(C)(C)C)cc3)c3ccc(C(C)(C)C)cc3)c2)cc1. The van der Waals surface area contributed by atoms with Gasteiger partial charge < -0.3 is 9.80 Å². The maximum Gasteiger partial charge on any atom is 0.0887 e. The molecule has 7 aromatic carbocycles. The van der Waals surface area contributed by atoms with E-state index in [1.54, 1.807) is 0 Å². The molecule has 0 fully saturated rings. The lowest BCUT2D eigenvalue weighted by Crippen LogP contribution is -2.18. The zero-order chi connectivity index (χ0) is 51.4. The zero-order valence-electron chi connectivity index (χ0n) is 45.9. The molecule has 0 bridgehead atoms. The Morgan fingerprint density at radius 3 is 0.643 bits per heavy atom. The lowest BCUT2D eigenvalue weighted by atomic mass is 9.80. The van der Waals surface area contributed by atoms with Gasteiger partial charge in [-0.3, -0.25) is 0 Å². The van der Waals surface area contributed by atoms with E-state index in [1.165, 1.54) is 44.5 Å². The van der Waals surface area contributed by atoms with Crippen molar-refractivity contribution in [1.29, 1.82) is 0 Å². The topological polar surface area (TPSA) is 6.48 Å². The fraction of sp³-hybridized carbons (Fsp3) is 0.373. The van der Waals surface area contributed by atoms with E-state index in [2.05, 4.69) is 292 Å². The van der Waals surface area contributed by atoms with Crippen LogP contribution in [0, 0.1) is 0 Å². The van der Waals surface area contributed by atoms with E-state index in [4.69, 9.17) is 11.6 Å². The summed E-state index contributed by atoms with van der Waals surface area (Å²) in [6, 6.07) is 59.8. The van der Waals surface area contributed by atoms with Crippen molar-refractivity contribution in [2.45, 2.75) is 163 Å². The number of hydrogen-bond donors (Lipinski definition) is 0. The third-order valence-corrected chi connectivity index (χ3v) is 14.4. The Labute approximate surface area is 429 Å². The maximum atomic E-state index is 8.24. The molecule has 0 aromatic heterocycles. The van der Waals surface area contributed by atoms with Gasteiger partial charge in [0.2, 0.25) is 0 Å². The number of benzene rings is 7. The fourth-order valence-electron chi connectivity index (χ4n) is 9.33. The van der Waals surface area contributed by atoms with Crippen molar-refractivity contribution in [2.75, 3.05) is 9.80 Å². The summed E-state index contributed by atoms with van der Waals surface area (Å²) in [5.74, 6) is -0.125. The molecule has 0 spiro atoms. The molecule has 0 saturated heterocycles. The largest absolute Gasteiger partial charge is 0.309 e. The van der Waals surface area contributed by atoms with Crippen LogP contribution in [0.1, 0.15) is 181 Å². The van der Waals surface area contributed by atoms with Gasteiger partial charge in [0.25, 0.3) is 0 Å². The molecular formula is C67H81ClN2. The average molecular weight is 950 g/mol. The number of rotatable bonds is 9. The lowest BCUT2D eigenvalue weighted by Gasteiger charge is -2.34. The zero-order valence-corrected chi connectivity index (χ0v) is 46.6. The third kappa shape index (κ3) is 11.6. The lowest BCUT2D eigenvalue weighted by molar-refractivity contribution is 0.589. The first-order valence-electron chi connectivity index (χ1n) is 25.5. The fourth-order valence-corrected chi connectivity index (χ4v) is 9.61. The Balaban J connectivity index is 1.61. The predicted octanol–water partition coefficient (Wildman–Crippen LogP) is 20.2. The van der Waals surface area contributed by atoms with Crippen LogP contribution in [0.4, 0.5) is 34.1 Å². The summed E-state index contributed by atoms with van der Waals surface area (Å²) in [5, 5.41) is 0.660. The number of hydrogen-bond acceptors (Lipinski definition) is 2. The summed E-state index contributed by atoms with van der Waals surface area (Å²) in [6.45, 7) is 41.0. The molecule has 7 aromatic rings. The van der Waals surface area contributed by atoms with Gasteiger partial charge in [-0.1, -0.05) is 233 Å². The molecular weight excluding hydrogens is 868 g/mol. The van der Waals surface area contributed by atoms with Gasteiger partial charge >= 0.3 is 0 Å². The highest BCUT2D eigenvalue weighted by molar-refractivity contribution is 6.36. The molecule has 2 nitrogen and oxygen atoms in total. The Kier molecular flexibility index (Phi) is 14.3. The molecule has 0 aliphatic rings. The van der Waals surface area contributed by atoms with Crippen LogP contribution in [0.15, 0.2) is 158 Å². The molecule has 0 N–H and O–H groups in total. The van der Waals surface area contributed by atoms with Gasteiger partial charge in [0, 0.05) is 28.7 Å². The van der Waals surface area contributed by atoms with E-state index < -0.39 is 0 Å².